The predicted molar refractivity (Wildman–Crippen MR) is 147 cm³/mol. The highest BCUT2D eigenvalue weighted by molar-refractivity contribution is 7.92. The first-order chi connectivity index (χ1) is 18.8. The molecule has 0 radical (unpaired) electrons. The number of aliphatic hydroxyl groups is 1. The number of hydrogen-bond acceptors (Lipinski definition) is 10. The minimum atomic E-state index is -4.08. The Morgan fingerprint density at radius 1 is 1.03 bits per heavy atom. The standard InChI is InChI=1S/C27H34N4O7S/c1-20(2)19-31(39(33,34)21-9-5-4-6-10-21)25-24(38-23-12-8-7-11-22(23)35-3)26(37-18-15-32)29-27(28-25)30-13-16-36-17-14-30/h4-12,20,32H,13-19H2,1-3H3. The largest absolute Gasteiger partial charge is 0.493 e. The quantitative estimate of drug-likeness (QED) is 0.354. The summed E-state index contributed by atoms with van der Waals surface area (Å²) in [7, 11) is -2.57. The molecule has 1 aliphatic heterocycles. The summed E-state index contributed by atoms with van der Waals surface area (Å²) in [6.07, 6.45) is 0. The lowest BCUT2D eigenvalue weighted by molar-refractivity contribution is 0.122. The monoisotopic (exact) mass is 558 g/mol. The van der Waals surface area contributed by atoms with Crippen molar-refractivity contribution in [3.63, 3.8) is 0 Å². The van der Waals surface area contributed by atoms with Gasteiger partial charge in [0.1, 0.15) is 6.61 Å². The van der Waals surface area contributed by atoms with E-state index in [4.69, 9.17) is 23.9 Å². The minimum absolute atomic E-state index is 0.00142. The molecule has 1 N–H and O–H groups in total. The molecule has 39 heavy (non-hydrogen) atoms. The molecule has 210 valence electrons. The Bertz CT molecular complexity index is 1330. The maximum atomic E-state index is 14.1. The molecule has 4 rings (SSSR count). The number of methoxy groups -OCH3 is 1. The van der Waals surface area contributed by atoms with Gasteiger partial charge >= 0.3 is 0 Å². The highest BCUT2D eigenvalue weighted by atomic mass is 32.2. The number of anilines is 2. The fourth-order valence-electron chi connectivity index (χ4n) is 3.97. The Kier molecular flexibility index (Phi) is 9.44. The number of ether oxygens (including phenoxy) is 4. The molecule has 1 aliphatic rings. The molecule has 0 amide bonds. The fourth-order valence-corrected chi connectivity index (χ4v) is 5.58. The molecular weight excluding hydrogens is 524 g/mol. The molecule has 2 aromatic carbocycles. The van der Waals surface area contributed by atoms with E-state index < -0.39 is 10.0 Å². The van der Waals surface area contributed by atoms with Gasteiger partial charge in [-0.15, -0.1) is 0 Å². The van der Waals surface area contributed by atoms with Gasteiger partial charge in [-0.05, 0) is 30.2 Å². The first-order valence-electron chi connectivity index (χ1n) is 12.7. The molecule has 1 aromatic heterocycles. The third-order valence-electron chi connectivity index (χ3n) is 5.81. The Morgan fingerprint density at radius 2 is 1.69 bits per heavy atom. The van der Waals surface area contributed by atoms with Crippen molar-refractivity contribution in [2.75, 3.05) is 62.4 Å². The van der Waals surface area contributed by atoms with Gasteiger partial charge in [-0.25, -0.2) is 12.7 Å². The van der Waals surface area contributed by atoms with Crippen LogP contribution in [-0.4, -0.2) is 76.7 Å². The number of morpholine rings is 1. The third-order valence-corrected chi connectivity index (χ3v) is 7.58. The van der Waals surface area contributed by atoms with Crippen LogP contribution >= 0.6 is 0 Å². The van der Waals surface area contributed by atoms with E-state index in [1.54, 1.807) is 42.5 Å². The normalized spacial score (nSPS) is 13.8. The first-order valence-corrected chi connectivity index (χ1v) is 14.2. The lowest BCUT2D eigenvalue weighted by Crippen LogP contribution is -2.39. The van der Waals surface area contributed by atoms with Crippen molar-refractivity contribution < 1.29 is 32.5 Å². The topological polar surface area (TPSA) is 124 Å². The van der Waals surface area contributed by atoms with Crippen molar-refractivity contribution in [3.05, 3.63) is 54.6 Å². The first kappa shape index (κ1) is 28.4. The summed E-state index contributed by atoms with van der Waals surface area (Å²) in [5.74, 6) is 0.956. The van der Waals surface area contributed by atoms with Gasteiger partial charge in [-0.2, -0.15) is 9.97 Å². The average Bonchev–Trinajstić information content (AvgIpc) is 2.96. The summed E-state index contributed by atoms with van der Waals surface area (Å²) in [5.41, 5.74) is 0. The second kappa shape index (κ2) is 13.0. The van der Waals surface area contributed by atoms with E-state index in [1.807, 2.05) is 18.7 Å². The smallest absolute Gasteiger partial charge is 0.265 e. The summed E-state index contributed by atoms with van der Waals surface area (Å²) in [6.45, 7) is 5.56. The van der Waals surface area contributed by atoms with Crippen LogP contribution in [-0.2, 0) is 14.8 Å². The van der Waals surface area contributed by atoms with Crippen molar-refractivity contribution in [1.82, 2.24) is 9.97 Å². The van der Waals surface area contributed by atoms with Crippen LogP contribution in [0.5, 0.6) is 23.1 Å². The zero-order chi connectivity index (χ0) is 27.8. The van der Waals surface area contributed by atoms with Gasteiger partial charge in [0.05, 0.1) is 31.8 Å². The number of rotatable bonds is 12. The summed E-state index contributed by atoms with van der Waals surface area (Å²) >= 11 is 0. The van der Waals surface area contributed by atoms with Gasteiger partial charge in [0.25, 0.3) is 15.9 Å². The Morgan fingerprint density at radius 3 is 2.33 bits per heavy atom. The maximum Gasteiger partial charge on any atom is 0.265 e. The molecular formula is C27H34N4O7S. The number of para-hydroxylation sites is 2. The van der Waals surface area contributed by atoms with Gasteiger partial charge in [0, 0.05) is 19.6 Å². The molecule has 0 saturated carbocycles. The molecule has 0 bridgehead atoms. The Labute approximate surface area is 229 Å². The van der Waals surface area contributed by atoms with E-state index in [-0.39, 0.29) is 54.0 Å². The van der Waals surface area contributed by atoms with Gasteiger partial charge < -0.3 is 29.0 Å². The lowest BCUT2D eigenvalue weighted by Gasteiger charge is -2.31. The van der Waals surface area contributed by atoms with E-state index in [0.29, 0.717) is 37.8 Å². The van der Waals surface area contributed by atoms with Crippen LogP contribution < -0.4 is 23.4 Å². The highest BCUT2D eigenvalue weighted by Crippen LogP contribution is 2.44. The van der Waals surface area contributed by atoms with Gasteiger partial charge in [-0.3, -0.25) is 0 Å². The number of aromatic nitrogens is 2. The number of sulfonamides is 1. The van der Waals surface area contributed by atoms with Crippen molar-refractivity contribution >= 4 is 21.8 Å². The van der Waals surface area contributed by atoms with Crippen molar-refractivity contribution in [2.24, 2.45) is 5.92 Å². The van der Waals surface area contributed by atoms with Crippen LogP contribution in [0.1, 0.15) is 13.8 Å². The Balaban J connectivity index is 1.96. The molecule has 0 atom stereocenters. The van der Waals surface area contributed by atoms with Crippen molar-refractivity contribution in [2.45, 2.75) is 18.7 Å². The van der Waals surface area contributed by atoms with Gasteiger partial charge in [0.2, 0.25) is 11.7 Å². The van der Waals surface area contributed by atoms with Crippen LogP contribution in [0.2, 0.25) is 0 Å². The molecule has 3 aromatic rings. The number of benzene rings is 2. The number of nitrogens with zero attached hydrogens (tertiary/aromatic N) is 4. The van der Waals surface area contributed by atoms with Crippen LogP contribution in [0.3, 0.4) is 0 Å². The van der Waals surface area contributed by atoms with E-state index in [0.717, 1.165) is 0 Å². The van der Waals surface area contributed by atoms with Crippen LogP contribution in [0.25, 0.3) is 0 Å². The number of hydrogen-bond donors (Lipinski definition) is 1. The highest BCUT2D eigenvalue weighted by Gasteiger charge is 2.34. The zero-order valence-electron chi connectivity index (χ0n) is 22.3. The summed E-state index contributed by atoms with van der Waals surface area (Å²) in [4.78, 5) is 11.4. The van der Waals surface area contributed by atoms with Crippen LogP contribution in [0, 0.1) is 5.92 Å². The molecule has 0 unspecified atom stereocenters. The molecule has 1 fully saturated rings. The summed E-state index contributed by atoms with van der Waals surface area (Å²) in [5, 5.41) is 9.52. The minimum Gasteiger partial charge on any atom is -0.493 e. The molecule has 11 nitrogen and oxygen atoms in total. The average molecular weight is 559 g/mol. The molecule has 0 aliphatic carbocycles. The molecule has 12 heteroatoms. The van der Waals surface area contributed by atoms with E-state index >= 15 is 0 Å². The Hall–Kier alpha value is -3.61. The van der Waals surface area contributed by atoms with Gasteiger partial charge in [0.15, 0.2) is 17.3 Å². The van der Waals surface area contributed by atoms with Crippen molar-refractivity contribution in [1.29, 1.82) is 0 Å². The zero-order valence-corrected chi connectivity index (χ0v) is 23.1. The SMILES string of the molecule is COc1ccccc1Oc1c(OCCO)nc(N2CCOCC2)nc1N(CC(C)C)S(=O)(=O)c1ccccc1. The van der Waals surface area contributed by atoms with Crippen LogP contribution in [0.15, 0.2) is 59.5 Å². The molecule has 0 spiro atoms. The molecule has 1 saturated heterocycles. The van der Waals surface area contributed by atoms with Gasteiger partial charge in [-0.1, -0.05) is 44.2 Å². The van der Waals surface area contributed by atoms with Crippen molar-refractivity contribution in [3.8, 4) is 23.1 Å². The van der Waals surface area contributed by atoms with Crippen LogP contribution in [0.4, 0.5) is 11.8 Å². The van der Waals surface area contributed by atoms with E-state index in [1.165, 1.54) is 23.5 Å². The second-order valence-electron chi connectivity index (χ2n) is 9.15. The van der Waals surface area contributed by atoms with E-state index in [2.05, 4.69) is 4.98 Å². The second-order valence-corrected chi connectivity index (χ2v) is 11.0. The third kappa shape index (κ3) is 6.70. The maximum absolute atomic E-state index is 14.1. The predicted octanol–water partition coefficient (Wildman–Crippen LogP) is 3.34. The summed E-state index contributed by atoms with van der Waals surface area (Å²) in [6, 6.07) is 15.1. The lowest BCUT2D eigenvalue weighted by atomic mass is 10.2. The fraction of sp³-hybridized carbons (Fsp3) is 0.407. The number of aliphatic hydroxyl groups excluding tert-OH is 1. The van der Waals surface area contributed by atoms with E-state index in [9.17, 15) is 13.5 Å². The molecule has 2 heterocycles. The summed E-state index contributed by atoms with van der Waals surface area (Å²) < 4.78 is 52.5.